The Bertz CT molecular complexity index is 599. The van der Waals surface area contributed by atoms with Crippen LogP contribution in [0.1, 0.15) is 43.5 Å². The molecule has 0 aliphatic carbocycles. The van der Waals surface area contributed by atoms with Crippen LogP contribution in [-0.2, 0) is 4.79 Å². The lowest BCUT2D eigenvalue weighted by atomic mass is 9.94. The van der Waals surface area contributed by atoms with Crippen molar-refractivity contribution in [3.8, 4) is 0 Å². The lowest BCUT2D eigenvalue weighted by Crippen LogP contribution is -2.34. The highest BCUT2D eigenvalue weighted by atomic mass is 19.1. The number of aromatic nitrogens is 4. The zero-order chi connectivity index (χ0) is 16.1. The summed E-state index contributed by atoms with van der Waals surface area (Å²) >= 11 is 0. The van der Waals surface area contributed by atoms with Gasteiger partial charge in [-0.05, 0) is 24.1 Å². The SMILES string of the molecule is CC[C@H](C(=O)N(C)C[C@@H](C)c1nn[nH]n1)c1ccc(F)cc1. The van der Waals surface area contributed by atoms with Crippen LogP contribution in [0.25, 0.3) is 0 Å². The molecule has 0 bridgehead atoms. The van der Waals surface area contributed by atoms with Gasteiger partial charge in [-0.15, -0.1) is 10.2 Å². The molecular weight excluding hydrogens is 285 g/mol. The van der Waals surface area contributed by atoms with Crippen molar-refractivity contribution in [3.05, 3.63) is 41.5 Å². The van der Waals surface area contributed by atoms with Gasteiger partial charge in [0.15, 0.2) is 5.82 Å². The third-order valence-electron chi connectivity index (χ3n) is 3.71. The fourth-order valence-electron chi connectivity index (χ4n) is 2.47. The number of halogens is 1. The van der Waals surface area contributed by atoms with Crippen molar-refractivity contribution in [2.24, 2.45) is 0 Å². The smallest absolute Gasteiger partial charge is 0.229 e. The van der Waals surface area contributed by atoms with Crippen LogP contribution in [0, 0.1) is 5.82 Å². The first-order valence-corrected chi connectivity index (χ1v) is 7.26. The highest BCUT2D eigenvalue weighted by molar-refractivity contribution is 5.83. The minimum absolute atomic E-state index is 0.00412. The van der Waals surface area contributed by atoms with Crippen molar-refractivity contribution in [2.45, 2.75) is 32.1 Å². The normalized spacial score (nSPS) is 13.6. The molecule has 0 spiro atoms. The number of likely N-dealkylation sites (N-methyl/N-ethyl adjacent to an activating group) is 1. The summed E-state index contributed by atoms with van der Waals surface area (Å²) in [5, 5.41) is 13.8. The van der Waals surface area contributed by atoms with Crippen molar-refractivity contribution >= 4 is 5.91 Å². The molecule has 7 heteroatoms. The Labute approximate surface area is 128 Å². The Kier molecular flexibility index (Phi) is 5.19. The summed E-state index contributed by atoms with van der Waals surface area (Å²) in [5.74, 6) is -0.00874. The number of H-pyrrole nitrogens is 1. The maximum Gasteiger partial charge on any atom is 0.229 e. The first kappa shape index (κ1) is 16.1. The van der Waals surface area contributed by atoms with Gasteiger partial charge in [-0.2, -0.15) is 5.21 Å². The standard InChI is InChI=1S/C15H20FN5O/c1-4-13(11-5-7-12(16)8-6-11)15(22)21(3)9-10(2)14-17-19-20-18-14/h5-8,10,13H,4,9H2,1-3H3,(H,17,18,19,20)/t10-,13+/m1/s1. The minimum atomic E-state index is -0.301. The highest BCUT2D eigenvalue weighted by Gasteiger charge is 2.24. The summed E-state index contributed by atoms with van der Waals surface area (Å²) in [7, 11) is 1.76. The summed E-state index contributed by atoms with van der Waals surface area (Å²) < 4.78 is 13.0. The largest absolute Gasteiger partial charge is 0.345 e. The maximum atomic E-state index is 13.0. The zero-order valence-electron chi connectivity index (χ0n) is 13.0. The minimum Gasteiger partial charge on any atom is -0.345 e. The fourth-order valence-corrected chi connectivity index (χ4v) is 2.47. The number of benzene rings is 1. The summed E-state index contributed by atoms with van der Waals surface area (Å²) in [6.45, 7) is 4.38. The third-order valence-corrected chi connectivity index (χ3v) is 3.71. The molecule has 0 radical (unpaired) electrons. The molecule has 0 fully saturated rings. The summed E-state index contributed by atoms with van der Waals surface area (Å²) in [6.07, 6.45) is 0.658. The van der Waals surface area contributed by atoms with E-state index >= 15 is 0 Å². The van der Waals surface area contributed by atoms with Gasteiger partial charge in [-0.25, -0.2) is 4.39 Å². The number of hydrogen-bond acceptors (Lipinski definition) is 4. The lowest BCUT2D eigenvalue weighted by Gasteiger charge is -2.25. The number of amides is 1. The fraction of sp³-hybridized carbons (Fsp3) is 0.467. The molecule has 2 atom stereocenters. The molecule has 2 aromatic rings. The van der Waals surface area contributed by atoms with E-state index < -0.39 is 0 Å². The second kappa shape index (κ2) is 7.11. The van der Waals surface area contributed by atoms with Crippen LogP contribution in [0.15, 0.2) is 24.3 Å². The van der Waals surface area contributed by atoms with E-state index in [2.05, 4.69) is 20.6 Å². The van der Waals surface area contributed by atoms with Gasteiger partial charge in [0.2, 0.25) is 5.91 Å². The Morgan fingerprint density at radius 2 is 2.05 bits per heavy atom. The predicted molar refractivity (Wildman–Crippen MR) is 79.7 cm³/mol. The van der Waals surface area contributed by atoms with E-state index in [0.29, 0.717) is 18.8 Å². The predicted octanol–water partition coefficient (Wildman–Crippen LogP) is 2.09. The number of carbonyl (C=O) groups is 1. The molecule has 1 aromatic heterocycles. The quantitative estimate of drug-likeness (QED) is 0.887. The molecule has 2 rings (SSSR count). The van der Waals surface area contributed by atoms with Crippen LogP contribution < -0.4 is 0 Å². The van der Waals surface area contributed by atoms with Gasteiger partial charge in [-0.1, -0.05) is 31.2 Å². The Hall–Kier alpha value is -2.31. The van der Waals surface area contributed by atoms with Gasteiger partial charge in [0.25, 0.3) is 0 Å². The number of aromatic amines is 1. The molecule has 1 heterocycles. The van der Waals surface area contributed by atoms with E-state index in [9.17, 15) is 9.18 Å². The van der Waals surface area contributed by atoms with Crippen LogP contribution in [-0.4, -0.2) is 45.0 Å². The van der Waals surface area contributed by atoms with Crippen molar-refractivity contribution in [2.75, 3.05) is 13.6 Å². The molecule has 0 saturated carbocycles. The number of nitrogens with zero attached hydrogens (tertiary/aromatic N) is 4. The summed E-state index contributed by atoms with van der Waals surface area (Å²) in [5.41, 5.74) is 0.827. The Morgan fingerprint density at radius 1 is 1.36 bits per heavy atom. The van der Waals surface area contributed by atoms with E-state index in [0.717, 1.165) is 5.56 Å². The van der Waals surface area contributed by atoms with Gasteiger partial charge in [0, 0.05) is 19.5 Å². The van der Waals surface area contributed by atoms with Crippen LogP contribution in [0.5, 0.6) is 0 Å². The maximum absolute atomic E-state index is 13.0. The van der Waals surface area contributed by atoms with Gasteiger partial charge in [0.05, 0.1) is 5.92 Å². The van der Waals surface area contributed by atoms with Crippen LogP contribution in [0.4, 0.5) is 4.39 Å². The Morgan fingerprint density at radius 3 is 2.59 bits per heavy atom. The average Bonchev–Trinajstić information content (AvgIpc) is 3.04. The molecule has 1 amide bonds. The number of rotatable bonds is 6. The molecule has 118 valence electrons. The molecule has 1 N–H and O–H groups in total. The number of tetrazole rings is 1. The van der Waals surface area contributed by atoms with Gasteiger partial charge >= 0.3 is 0 Å². The van der Waals surface area contributed by atoms with E-state index in [4.69, 9.17) is 0 Å². The van der Waals surface area contributed by atoms with Gasteiger partial charge in [-0.3, -0.25) is 4.79 Å². The molecule has 0 aliphatic rings. The van der Waals surface area contributed by atoms with Crippen molar-refractivity contribution in [3.63, 3.8) is 0 Å². The monoisotopic (exact) mass is 305 g/mol. The highest BCUT2D eigenvalue weighted by Crippen LogP contribution is 2.23. The van der Waals surface area contributed by atoms with Crippen molar-refractivity contribution < 1.29 is 9.18 Å². The first-order valence-electron chi connectivity index (χ1n) is 7.26. The number of hydrogen-bond donors (Lipinski definition) is 1. The Balaban J connectivity index is 2.05. The second-order valence-corrected chi connectivity index (χ2v) is 5.40. The van der Waals surface area contributed by atoms with Crippen LogP contribution in [0.2, 0.25) is 0 Å². The van der Waals surface area contributed by atoms with Crippen LogP contribution >= 0.6 is 0 Å². The van der Waals surface area contributed by atoms with Crippen LogP contribution in [0.3, 0.4) is 0 Å². The summed E-state index contributed by atoms with van der Waals surface area (Å²) in [6, 6.07) is 6.09. The topological polar surface area (TPSA) is 74.8 Å². The van der Waals surface area contributed by atoms with Crippen molar-refractivity contribution in [1.29, 1.82) is 0 Å². The van der Waals surface area contributed by atoms with E-state index in [1.54, 1.807) is 24.1 Å². The molecule has 0 aliphatic heterocycles. The van der Waals surface area contributed by atoms with E-state index in [1.807, 2.05) is 13.8 Å². The molecule has 0 unspecified atom stereocenters. The van der Waals surface area contributed by atoms with Gasteiger partial charge in [0.1, 0.15) is 5.82 Å². The first-order chi connectivity index (χ1) is 10.5. The molecule has 0 saturated heterocycles. The van der Waals surface area contributed by atoms with Crippen molar-refractivity contribution in [1.82, 2.24) is 25.5 Å². The lowest BCUT2D eigenvalue weighted by molar-refractivity contribution is -0.131. The van der Waals surface area contributed by atoms with Gasteiger partial charge < -0.3 is 4.90 Å². The average molecular weight is 305 g/mol. The molecule has 6 nitrogen and oxygen atoms in total. The molecular formula is C15H20FN5O. The van der Waals surface area contributed by atoms with E-state index in [-0.39, 0.29) is 23.6 Å². The second-order valence-electron chi connectivity index (χ2n) is 5.40. The molecule has 22 heavy (non-hydrogen) atoms. The van der Waals surface area contributed by atoms with E-state index in [1.165, 1.54) is 12.1 Å². The number of carbonyl (C=O) groups excluding carboxylic acids is 1. The third kappa shape index (κ3) is 3.66. The molecule has 1 aromatic carbocycles. The summed E-state index contributed by atoms with van der Waals surface area (Å²) in [4.78, 5) is 14.3. The number of nitrogens with one attached hydrogen (secondary N) is 1. The zero-order valence-corrected chi connectivity index (χ0v) is 13.0.